The standard InChI is InChI=1S/C28H19N3/c29-17-7-8-21-13-15-23(16-14-21)26-18-25(22-9-3-1-4-10-22)19-31-20-27(30-28(26)31)24-11-5-2-6-12-24/h1-16,18-20H. The van der Waals surface area contributed by atoms with Gasteiger partial charge in [-0.05, 0) is 34.4 Å². The quantitative estimate of drug-likeness (QED) is 0.310. The molecule has 3 aromatic carbocycles. The normalized spacial score (nSPS) is 11.1. The molecule has 0 fully saturated rings. The van der Waals surface area contributed by atoms with E-state index < -0.39 is 0 Å². The Morgan fingerprint density at radius 2 is 1.39 bits per heavy atom. The van der Waals surface area contributed by atoms with Crippen molar-refractivity contribution in [1.29, 1.82) is 5.26 Å². The number of benzene rings is 3. The molecule has 3 nitrogen and oxygen atoms in total. The predicted octanol–water partition coefficient (Wildman–Crippen LogP) is 6.87. The monoisotopic (exact) mass is 397 g/mol. The summed E-state index contributed by atoms with van der Waals surface area (Å²) in [5, 5.41) is 8.77. The van der Waals surface area contributed by atoms with Gasteiger partial charge in [-0.1, -0.05) is 84.9 Å². The molecule has 146 valence electrons. The fourth-order valence-electron chi connectivity index (χ4n) is 3.75. The van der Waals surface area contributed by atoms with E-state index >= 15 is 0 Å². The number of nitrogens with zero attached hydrogens (tertiary/aromatic N) is 3. The number of aromatic nitrogens is 2. The van der Waals surface area contributed by atoms with E-state index in [1.54, 1.807) is 0 Å². The molecule has 0 aliphatic rings. The second-order valence-electron chi connectivity index (χ2n) is 7.32. The Bertz CT molecular complexity index is 1400. The third-order valence-electron chi connectivity index (χ3n) is 5.30. The SMILES string of the molecule is N#CC=Cc1ccc(-c2cc(-c3ccccc3)cn3cc(-c4ccccc4)nc23)cc1. The Hall–Kier alpha value is -4.42. The van der Waals surface area contributed by atoms with Crippen LogP contribution in [-0.2, 0) is 0 Å². The molecule has 2 heterocycles. The molecule has 0 bridgehead atoms. The number of fused-ring (bicyclic) bond motifs is 1. The first-order chi connectivity index (χ1) is 15.3. The van der Waals surface area contributed by atoms with Crippen LogP contribution in [-0.4, -0.2) is 9.38 Å². The zero-order valence-corrected chi connectivity index (χ0v) is 16.8. The number of imidazole rings is 1. The van der Waals surface area contributed by atoms with E-state index in [4.69, 9.17) is 10.2 Å². The highest BCUT2D eigenvalue weighted by Gasteiger charge is 2.12. The zero-order chi connectivity index (χ0) is 21.0. The fourth-order valence-corrected chi connectivity index (χ4v) is 3.75. The second kappa shape index (κ2) is 8.14. The Morgan fingerprint density at radius 1 is 0.710 bits per heavy atom. The van der Waals surface area contributed by atoms with Crippen LogP contribution in [0.25, 0.3) is 45.2 Å². The fraction of sp³-hybridized carbons (Fsp3) is 0. The van der Waals surface area contributed by atoms with Crippen molar-refractivity contribution in [2.45, 2.75) is 0 Å². The summed E-state index contributed by atoms with van der Waals surface area (Å²) in [5.74, 6) is 0. The maximum Gasteiger partial charge on any atom is 0.145 e. The average molecular weight is 397 g/mol. The lowest BCUT2D eigenvalue weighted by atomic mass is 10.0. The van der Waals surface area contributed by atoms with Crippen LogP contribution in [0.1, 0.15) is 5.56 Å². The van der Waals surface area contributed by atoms with E-state index in [-0.39, 0.29) is 0 Å². The van der Waals surface area contributed by atoms with Crippen LogP contribution in [0.4, 0.5) is 0 Å². The topological polar surface area (TPSA) is 41.1 Å². The molecule has 0 aliphatic heterocycles. The van der Waals surface area contributed by atoms with Gasteiger partial charge in [0, 0.05) is 29.6 Å². The van der Waals surface area contributed by atoms with E-state index in [0.29, 0.717) is 0 Å². The molecule has 0 spiro atoms. The number of pyridine rings is 1. The van der Waals surface area contributed by atoms with Crippen LogP contribution < -0.4 is 0 Å². The van der Waals surface area contributed by atoms with Gasteiger partial charge < -0.3 is 4.40 Å². The Morgan fingerprint density at radius 3 is 2.06 bits per heavy atom. The number of hydrogen-bond donors (Lipinski definition) is 0. The summed E-state index contributed by atoms with van der Waals surface area (Å²) in [4.78, 5) is 4.97. The molecule has 0 amide bonds. The Labute approximate surface area is 181 Å². The van der Waals surface area contributed by atoms with E-state index in [1.807, 2.05) is 48.5 Å². The molecule has 0 aliphatic carbocycles. The predicted molar refractivity (Wildman–Crippen MR) is 126 cm³/mol. The summed E-state index contributed by atoms with van der Waals surface area (Å²) in [7, 11) is 0. The summed E-state index contributed by atoms with van der Waals surface area (Å²) in [6, 6.07) is 33.1. The highest BCUT2D eigenvalue weighted by molar-refractivity contribution is 5.84. The van der Waals surface area contributed by atoms with Crippen LogP contribution in [0.2, 0.25) is 0 Å². The van der Waals surface area contributed by atoms with Gasteiger partial charge in [0.15, 0.2) is 0 Å². The van der Waals surface area contributed by atoms with Gasteiger partial charge >= 0.3 is 0 Å². The highest BCUT2D eigenvalue weighted by Crippen LogP contribution is 2.32. The maximum atomic E-state index is 8.77. The van der Waals surface area contributed by atoms with Crippen molar-refractivity contribution < 1.29 is 0 Å². The van der Waals surface area contributed by atoms with Crippen molar-refractivity contribution >= 4 is 11.7 Å². The summed E-state index contributed by atoms with van der Waals surface area (Å²) < 4.78 is 2.11. The molecule has 0 saturated carbocycles. The largest absolute Gasteiger partial charge is 0.305 e. The van der Waals surface area contributed by atoms with Crippen molar-refractivity contribution in [2.24, 2.45) is 0 Å². The number of rotatable bonds is 4. The van der Waals surface area contributed by atoms with Crippen LogP contribution in [0.3, 0.4) is 0 Å². The number of hydrogen-bond acceptors (Lipinski definition) is 2. The molecule has 31 heavy (non-hydrogen) atoms. The van der Waals surface area contributed by atoms with Crippen molar-refractivity contribution in [3.8, 4) is 39.6 Å². The minimum absolute atomic E-state index is 0.916. The molecule has 0 radical (unpaired) electrons. The van der Waals surface area contributed by atoms with Gasteiger partial charge in [0.2, 0.25) is 0 Å². The van der Waals surface area contributed by atoms with E-state index in [0.717, 1.165) is 44.7 Å². The molecule has 0 atom stereocenters. The van der Waals surface area contributed by atoms with Crippen LogP contribution in [0.15, 0.2) is 109 Å². The van der Waals surface area contributed by atoms with Gasteiger partial charge in [-0.15, -0.1) is 0 Å². The lowest BCUT2D eigenvalue weighted by Gasteiger charge is -2.09. The highest BCUT2D eigenvalue weighted by atomic mass is 15.0. The molecule has 5 aromatic rings. The number of nitriles is 1. The minimum Gasteiger partial charge on any atom is -0.305 e. The summed E-state index contributed by atoms with van der Waals surface area (Å²) in [6.45, 7) is 0. The Balaban J connectivity index is 1.70. The molecule has 0 saturated heterocycles. The summed E-state index contributed by atoms with van der Waals surface area (Å²) >= 11 is 0. The minimum atomic E-state index is 0.916. The molecule has 5 rings (SSSR count). The molecule has 0 unspecified atom stereocenters. The van der Waals surface area contributed by atoms with Crippen LogP contribution in [0, 0.1) is 11.3 Å². The maximum absolute atomic E-state index is 8.77. The first kappa shape index (κ1) is 18.6. The van der Waals surface area contributed by atoms with E-state index in [9.17, 15) is 0 Å². The van der Waals surface area contributed by atoms with E-state index in [1.165, 1.54) is 6.08 Å². The van der Waals surface area contributed by atoms with Crippen LogP contribution in [0.5, 0.6) is 0 Å². The smallest absolute Gasteiger partial charge is 0.145 e. The molecular formula is C28H19N3. The van der Waals surface area contributed by atoms with Crippen molar-refractivity contribution in [1.82, 2.24) is 9.38 Å². The third-order valence-corrected chi connectivity index (χ3v) is 5.30. The van der Waals surface area contributed by atoms with E-state index in [2.05, 4.69) is 71.4 Å². The lowest BCUT2D eigenvalue weighted by molar-refractivity contribution is 1.19. The third kappa shape index (κ3) is 3.75. The Kier molecular flexibility index (Phi) is 4.88. The van der Waals surface area contributed by atoms with Gasteiger partial charge in [-0.25, -0.2) is 4.98 Å². The first-order valence-corrected chi connectivity index (χ1v) is 10.1. The van der Waals surface area contributed by atoms with Gasteiger partial charge in [-0.3, -0.25) is 0 Å². The van der Waals surface area contributed by atoms with Crippen LogP contribution >= 0.6 is 0 Å². The van der Waals surface area contributed by atoms with Gasteiger partial charge in [0.1, 0.15) is 5.65 Å². The van der Waals surface area contributed by atoms with Crippen molar-refractivity contribution in [3.05, 3.63) is 115 Å². The van der Waals surface area contributed by atoms with Crippen molar-refractivity contribution in [3.63, 3.8) is 0 Å². The second-order valence-corrected chi connectivity index (χ2v) is 7.32. The molecular weight excluding hydrogens is 378 g/mol. The summed E-state index contributed by atoms with van der Waals surface area (Å²) in [6.07, 6.45) is 7.52. The lowest BCUT2D eigenvalue weighted by Crippen LogP contribution is -1.91. The zero-order valence-electron chi connectivity index (χ0n) is 16.8. The van der Waals surface area contributed by atoms with Gasteiger partial charge in [0.25, 0.3) is 0 Å². The molecule has 2 aromatic heterocycles. The first-order valence-electron chi connectivity index (χ1n) is 10.1. The summed E-state index contributed by atoms with van der Waals surface area (Å²) in [5.41, 5.74) is 8.40. The van der Waals surface area contributed by atoms with Crippen molar-refractivity contribution in [2.75, 3.05) is 0 Å². The number of allylic oxidation sites excluding steroid dienone is 1. The average Bonchev–Trinajstić information content (AvgIpc) is 3.28. The molecule has 0 N–H and O–H groups in total. The molecule has 3 heteroatoms. The van der Waals surface area contributed by atoms with Gasteiger partial charge in [0.05, 0.1) is 11.8 Å². The van der Waals surface area contributed by atoms with Gasteiger partial charge in [-0.2, -0.15) is 5.26 Å².